The molecule has 0 atom stereocenters. The molecule has 0 heteroatoms. The average Bonchev–Trinajstić information content (AvgIpc) is 3.07. The fraction of sp³-hybridized carbons (Fsp3) is 0.0952. The SMILES string of the molecule is c1ccc(C2=C(c3c4ccccc4c(-c4cccc5c(-c6ccccc6)cccc45)c4ccccc34)CCCC2)cc1. The average molecular weight is 537 g/mol. The number of hydrogen-bond donors (Lipinski definition) is 0. The third-order valence-corrected chi connectivity index (χ3v) is 9.10. The zero-order valence-electron chi connectivity index (χ0n) is 23.7. The van der Waals surface area contributed by atoms with Crippen LogP contribution in [-0.2, 0) is 0 Å². The molecule has 0 saturated carbocycles. The molecule has 200 valence electrons. The van der Waals surface area contributed by atoms with Crippen molar-refractivity contribution in [2.24, 2.45) is 0 Å². The van der Waals surface area contributed by atoms with E-state index in [9.17, 15) is 0 Å². The van der Waals surface area contributed by atoms with Gasteiger partial charge in [-0.3, -0.25) is 0 Å². The lowest BCUT2D eigenvalue weighted by Gasteiger charge is -2.25. The highest BCUT2D eigenvalue weighted by molar-refractivity contribution is 6.23. The molecule has 0 radical (unpaired) electrons. The van der Waals surface area contributed by atoms with E-state index in [1.165, 1.54) is 89.7 Å². The second-order valence-corrected chi connectivity index (χ2v) is 11.4. The summed E-state index contributed by atoms with van der Waals surface area (Å²) in [5.41, 5.74) is 11.0. The predicted octanol–water partition coefficient (Wildman–Crippen LogP) is 12.0. The van der Waals surface area contributed by atoms with Crippen molar-refractivity contribution in [2.75, 3.05) is 0 Å². The van der Waals surface area contributed by atoms with Crippen molar-refractivity contribution >= 4 is 43.5 Å². The van der Waals surface area contributed by atoms with E-state index in [0.717, 1.165) is 12.8 Å². The Morgan fingerprint density at radius 3 is 1.31 bits per heavy atom. The number of benzene rings is 7. The summed E-state index contributed by atoms with van der Waals surface area (Å²) in [6.45, 7) is 0. The first kappa shape index (κ1) is 24.8. The topological polar surface area (TPSA) is 0 Å². The molecule has 8 rings (SSSR count). The standard InChI is InChI=1S/C42H32/c1-3-15-29(16-4-1)31-25-13-27-34-33(31)26-14-28-36(34)42-39-23-11-9-21-37(39)41(38-22-10-12-24-40(38)42)35-20-8-7-19-32(35)30-17-5-2-6-18-30/h1-6,9-18,21-28H,7-8,19-20H2. The van der Waals surface area contributed by atoms with Gasteiger partial charge in [0, 0.05) is 0 Å². The van der Waals surface area contributed by atoms with Gasteiger partial charge in [-0.15, -0.1) is 0 Å². The Balaban J connectivity index is 1.47. The summed E-state index contributed by atoms with van der Waals surface area (Å²) >= 11 is 0. The summed E-state index contributed by atoms with van der Waals surface area (Å²) in [4.78, 5) is 0. The van der Waals surface area contributed by atoms with Crippen molar-refractivity contribution in [3.63, 3.8) is 0 Å². The van der Waals surface area contributed by atoms with Crippen LogP contribution in [0.15, 0.2) is 146 Å². The van der Waals surface area contributed by atoms with Crippen molar-refractivity contribution in [3.05, 3.63) is 157 Å². The Bertz CT molecular complexity index is 2060. The summed E-state index contributed by atoms with van der Waals surface area (Å²) in [7, 11) is 0. The molecule has 0 N–H and O–H groups in total. The van der Waals surface area contributed by atoms with E-state index in [0.29, 0.717) is 0 Å². The third kappa shape index (κ3) is 4.06. The zero-order chi connectivity index (χ0) is 27.9. The molecule has 0 spiro atoms. The van der Waals surface area contributed by atoms with Gasteiger partial charge in [-0.25, -0.2) is 0 Å². The highest BCUT2D eigenvalue weighted by Crippen LogP contribution is 2.48. The molecule has 0 aromatic heterocycles. The van der Waals surface area contributed by atoms with Gasteiger partial charge in [-0.05, 0) is 103 Å². The van der Waals surface area contributed by atoms with Gasteiger partial charge < -0.3 is 0 Å². The Kier molecular flexibility index (Phi) is 6.19. The van der Waals surface area contributed by atoms with Gasteiger partial charge in [-0.2, -0.15) is 0 Å². The van der Waals surface area contributed by atoms with Crippen molar-refractivity contribution in [1.29, 1.82) is 0 Å². The Morgan fingerprint density at radius 1 is 0.286 bits per heavy atom. The molecule has 0 aliphatic heterocycles. The van der Waals surface area contributed by atoms with Crippen LogP contribution in [0.2, 0.25) is 0 Å². The number of rotatable bonds is 4. The van der Waals surface area contributed by atoms with Gasteiger partial charge in [0.15, 0.2) is 0 Å². The Hall–Kier alpha value is -4.94. The molecule has 42 heavy (non-hydrogen) atoms. The predicted molar refractivity (Wildman–Crippen MR) is 182 cm³/mol. The number of fused-ring (bicyclic) bond motifs is 3. The molecular formula is C42H32. The first-order valence-corrected chi connectivity index (χ1v) is 15.2. The summed E-state index contributed by atoms with van der Waals surface area (Å²) in [6.07, 6.45) is 4.74. The van der Waals surface area contributed by atoms with Crippen LogP contribution in [0.3, 0.4) is 0 Å². The van der Waals surface area contributed by atoms with Gasteiger partial charge in [0.2, 0.25) is 0 Å². The fourth-order valence-corrected chi connectivity index (χ4v) is 7.28. The van der Waals surface area contributed by atoms with Gasteiger partial charge >= 0.3 is 0 Å². The second-order valence-electron chi connectivity index (χ2n) is 11.4. The van der Waals surface area contributed by atoms with E-state index >= 15 is 0 Å². The van der Waals surface area contributed by atoms with Gasteiger partial charge in [-0.1, -0.05) is 146 Å². The van der Waals surface area contributed by atoms with Crippen LogP contribution >= 0.6 is 0 Å². The van der Waals surface area contributed by atoms with E-state index in [2.05, 4.69) is 146 Å². The number of allylic oxidation sites excluding steroid dienone is 2. The van der Waals surface area contributed by atoms with Crippen LogP contribution in [0.4, 0.5) is 0 Å². The van der Waals surface area contributed by atoms with Crippen LogP contribution in [0, 0.1) is 0 Å². The molecule has 0 fully saturated rings. The summed E-state index contributed by atoms with van der Waals surface area (Å²) in [6, 6.07) is 53.6. The molecule has 0 heterocycles. The first-order chi connectivity index (χ1) is 20.9. The maximum absolute atomic E-state index is 2.35. The van der Waals surface area contributed by atoms with Crippen molar-refractivity contribution < 1.29 is 0 Å². The van der Waals surface area contributed by atoms with E-state index in [1.54, 1.807) is 0 Å². The highest BCUT2D eigenvalue weighted by atomic mass is 14.3. The zero-order valence-corrected chi connectivity index (χ0v) is 23.7. The molecule has 1 aliphatic carbocycles. The molecular weight excluding hydrogens is 504 g/mol. The van der Waals surface area contributed by atoms with E-state index in [4.69, 9.17) is 0 Å². The minimum atomic E-state index is 1.12. The monoisotopic (exact) mass is 536 g/mol. The summed E-state index contributed by atoms with van der Waals surface area (Å²) in [5.74, 6) is 0. The molecule has 0 nitrogen and oxygen atoms in total. The largest absolute Gasteiger partial charge is 0.0622 e. The smallest absolute Gasteiger partial charge is 0.00201 e. The Labute approximate surface area is 247 Å². The van der Waals surface area contributed by atoms with Crippen LogP contribution in [0.5, 0.6) is 0 Å². The van der Waals surface area contributed by atoms with E-state index in [1.807, 2.05) is 0 Å². The lowest BCUT2D eigenvalue weighted by molar-refractivity contribution is 0.754. The second kappa shape index (κ2) is 10.5. The molecule has 0 saturated heterocycles. The highest BCUT2D eigenvalue weighted by Gasteiger charge is 2.23. The van der Waals surface area contributed by atoms with E-state index < -0.39 is 0 Å². The van der Waals surface area contributed by atoms with Gasteiger partial charge in [0.1, 0.15) is 0 Å². The number of hydrogen-bond acceptors (Lipinski definition) is 0. The quantitative estimate of drug-likeness (QED) is 0.196. The van der Waals surface area contributed by atoms with Crippen molar-refractivity contribution in [1.82, 2.24) is 0 Å². The van der Waals surface area contributed by atoms with Crippen molar-refractivity contribution in [2.45, 2.75) is 25.7 Å². The van der Waals surface area contributed by atoms with Crippen LogP contribution < -0.4 is 0 Å². The minimum Gasteiger partial charge on any atom is -0.0622 e. The normalized spacial score (nSPS) is 13.7. The molecule has 0 unspecified atom stereocenters. The van der Waals surface area contributed by atoms with Crippen molar-refractivity contribution in [3.8, 4) is 22.3 Å². The summed E-state index contributed by atoms with van der Waals surface area (Å²) < 4.78 is 0. The third-order valence-electron chi connectivity index (χ3n) is 9.10. The lowest BCUT2D eigenvalue weighted by atomic mass is 9.78. The molecule has 7 aromatic rings. The first-order valence-electron chi connectivity index (χ1n) is 15.2. The fourth-order valence-electron chi connectivity index (χ4n) is 7.28. The van der Waals surface area contributed by atoms with Crippen LogP contribution in [0.1, 0.15) is 36.8 Å². The maximum atomic E-state index is 2.35. The van der Waals surface area contributed by atoms with Gasteiger partial charge in [0.25, 0.3) is 0 Å². The maximum Gasteiger partial charge on any atom is -0.00201 e. The van der Waals surface area contributed by atoms with E-state index in [-0.39, 0.29) is 0 Å². The van der Waals surface area contributed by atoms with Crippen LogP contribution in [0.25, 0.3) is 65.7 Å². The minimum absolute atomic E-state index is 1.12. The van der Waals surface area contributed by atoms with Gasteiger partial charge in [0.05, 0.1) is 0 Å². The Morgan fingerprint density at radius 2 is 0.714 bits per heavy atom. The summed E-state index contributed by atoms with van der Waals surface area (Å²) in [5, 5.41) is 7.95. The molecule has 0 bridgehead atoms. The van der Waals surface area contributed by atoms with Crippen LogP contribution in [-0.4, -0.2) is 0 Å². The molecule has 1 aliphatic rings. The lowest BCUT2D eigenvalue weighted by Crippen LogP contribution is -2.02. The molecule has 7 aromatic carbocycles. The molecule has 0 amide bonds.